The molecule has 4 heterocycles. The average molecular weight is 580 g/mol. The Labute approximate surface area is 241 Å². The first-order valence-electron chi connectivity index (χ1n) is 13.3. The number of aromatic nitrogens is 7. The number of halogens is 1. The molecule has 3 aromatic heterocycles. The number of tetrazole rings is 1. The van der Waals surface area contributed by atoms with Crippen LogP contribution in [0.2, 0.25) is 5.02 Å². The van der Waals surface area contributed by atoms with Crippen LogP contribution in [0.3, 0.4) is 0 Å². The molecule has 1 fully saturated rings. The van der Waals surface area contributed by atoms with Crippen LogP contribution in [0.5, 0.6) is 0 Å². The molecule has 0 aliphatic carbocycles. The molecule has 14 heteroatoms. The Morgan fingerprint density at radius 3 is 2.76 bits per heavy atom. The number of ether oxygens (including phenoxy) is 2. The molecule has 1 aliphatic heterocycles. The van der Waals surface area contributed by atoms with Crippen molar-refractivity contribution in [2.45, 2.75) is 39.0 Å². The molecule has 4 aromatic rings. The van der Waals surface area contributed by atoms with Gasteiger partial charge in [-0.25, -0.2) is 9.78 Å². The van der Waals surface area contributed by atoms with Gasteiger partial charge in [0.25, 0.3) is 5.91 Å². The summed E-state index contributed by atoms with van der Waals surface area (Å²) in [7, 11) is 1.76. The fourth-order valence-corrected chi connectivity index (χ4v) is 5.04. The Hall–Kier alpha value is -4.36. The first-order valence-corrected chi connectivity index (χ1v) is 13.7. The second-order valence-corrected chi connectivity index (χ2v) is 9.85. The zero-order valence-corrected chi connectivity index (χ0v) is 23.7. The summed E-state index contributed by atoms with van der Waals surface area (Å²) >= 11 is 6.48. The predicted molar refractivity (Wildman–Crippen MR) is 150 cm³/mol. The minimum Gasteiger partial charge on any atom is -0.435 e. The third-order valence-electron chi connectivity index (χ3n) is 6.78. The SMILES string of the molecule is CCOC(=O)O[C@H](C)n1nnnc1-c1c(-c2ccc(C(=O)N(c3ncccc3Cl)[C@@H]3CCCNC3)cc2)cnn1C. The maximum atomic E-state index is 13.9. The molecule has 0 bridgehead atoms. The van der Waals surface area contributed by atoms with E-state index in [1.165, 1.54) is 4.68 Å². The van der Waals surface area contributed by atoms with E-state index >= 15 is 0 Å². The van der Waals surface area contributed by atoms with Crippen LogP contribution in [0.15, 0.2) is 48.8 Å². The summed E-state index contributed by atoms with van der Waals surface area (Å²) in [5.41, 5.74) is 2.61. The van der Waals surface area contributed by atoms with Crippen LogP contribution in [-0.2, 0) is 16.5 Å². The first-order chi connectivity index (χ1) is 19.9. The quantitative estimate of drug-likeness (QED) is 0.305. The second kappa shape index (κ2) is 12.4. The molecular formula is C27H30ClN9O4. The standard InChI is InChI=1S/C27H30ClN9O4/c1-4-40-27(39)41-17(2)37-25(32-33-34-37)23-21(16-31-35(23)3)18-9-11-19(12-10-18)26(38)36(20-7-5-13-29-15-20)24-22(28)8-6-14-30-24/h6,8-12,14,16-17,20,29H,4-5,7,13,15H2,1-3H3/t17-,20-/m1/s1. The topological polar surface area (TPSA) is 142 Å². The van der Waals surface area contributed by atoms with E-state index in [4.69, 9.17) is 21.1 Å². The third kappa shape index (κ3) is 5.91. The van der Waals surface area contributed by atoms with Gasteiger partial charge in [0, 0.05) is 30.9 Å². The van der Waals surface area contributed by atoms with Gasteiger partial charge in [0.05, 0.1) is 23.9 Å². The minimum atomic E-state index is -0.833. The van der Waals surface area contributed by atoms with Gasteiger partial charge in [0.15, 0.2) is 12.0 Å². The fourth-order valence-electron chi connectivity index (χ4n) is 4.82. The summed E-state index contributed by atoms with van der Waals surface area (Å²) < 4.78 is 13.2. The van der Waals surface area contributed by atoms with Crippen LogP contribution in [0.1, 0.15) is 43.3 Å². The van der Waals surface area contributed by atoms with E-state index in [0.29, 0.717) is 34.5 Å². The molecule has 1 amide bonds. The molecule has 0 spiro atoms. The Kier molecular flexibility index (Phi) is 8.55. The van der Waals surface area contributed by atoms with Gasteiger partial charge in [-0.3, -0.25) is 14.4 Å². The Morgan fingerprint density at radius 2 is 2.05 bits per heavy atom. The molecule has 1 saturated heterocycles. The molecule has 0 saturated carbocycles. The van der Waals surface area contributed by atoms with E-state index in [9.17, 15) is 9.59 Å². The highest BCUT2D eigenvalue weighted by Gasteiger charge is 2.30. The molecular weight excluding hydrogens is 550 g/mol. The summed E-state index contributed by atoms with van der Waals surface area (Å²) in [6.07, 6.45) is 3.46. The first kappa shape index (κ1) is 28.2. The van der Waals surface area contributed by atoms with Crippen molar-refractivity contribution in [3.63, 3.8) is 0 Å². The molecule has 214 valence electrons. The number of aryl methyl sites for hydroxylation is 1. The summed E-state index contributed by atoms with van der Waals surface area (Å²) in [4.78, 5) is 31.8. The van der Waals surface area contributed by atoms with Crippen LogP contribution in [0.25, 0.3) is 22.6 Å². The molecule has 0 radical (unpaired) electrons. The molecule has 1 aliphatic rings. The van der Waals surface area contributed by atoms with Crippen LogP contribution in [0.4, 0.5) is 10.6 Å². The van der Waals surface area contributed by atoms with E-state index in [2.05, 4.69) is 30.9 Å². The summed E-state index contributed by atoms with van der Waals surface area (Å²) in [6.45, 7) is 5.07. The zero-order chi connectivity index (χ0) is 28.9. The van der Waals surface area contributed by atoms with Crippen molar-refractivity contribution in [3.8, 4) is 22.6 Å². The van der Waals surface area contributed by atoms with E-state index in [-0.39, 0.29) is 18.6 Å². The normalized spacial score (nSPS) is 15.8. The Morgan fingerprint density at radius 1 is 1.24 bits per heavy atom. The maximum Gasteiger partial charge on any atom is 0.510 e. The van der Waals surface area contributed by atoms with Crippen LogP contribution >= 0.6 is 11.6 Å². The van der Waals surface area contributed by atoms with Gasteiger partial charge in [-0.15, -0.1) is 5.10 Å². The number of nitrogens with one attached hydrogen (secondary N) is 1. The van der Waals surface area contributed by atoms with E-state index in [1.54, 1.807) is 67.1 Å². The second-order valence-electron chi connectivity index (χ2n) is 9.44. The van der Waals surface area contributed by atoms with Gasteiger partial charge in [-0.05, 0) is 73.5 Å². The average Bonchev–Trinajstić information content (AvgIpc) is 3.61. The summed E-state index contributed by atoms with van der Waals surface area (Å²) in [5.74, 6) is 0.598. The number of amides is 1. The summed E-state index contributed by atoms with van der Waals surface area (Å²) in [6, 6.07) is 10.6. The lowest BCUT2D eigenvalue weighted by Crippen LogP contribution is -2.49. The van der Waals surface area contributed by atoms with Gasteiger partial charge in [0.1, 0.15) is 5.69 Å². The number of hydrogen-bond donors (Lipinski definition) is 1. The maximum absolute atomic E-state index is 13.9. The Balaban J connectivity index is 1.44. The third-order valence-corrected chi connectivity index (χ3v) is 7.08. The molecule has 1 aromatic carbocycles. The number of hydrogen-bond acceptors (Lipinski definition) is 10. The number of benzene rings is 1. The number of carbonyl (C=O) groups excluding carboxylic acids is 2. The van der Waals surface area contributed by atoms with Gasteiger partial charge in [0.2, 0.25) is 5.82 Å². The van der Waals surface area contributed by atoms with Crippen LogP contribution in [0, 0.1) is 0 Å². The lowest BCUT2D eigenvalue weighted by molar-refractivity contribution is 0.00140. The van der Waals surface area contributed by atoms with Crippen molar-refractivity contribution >= 4 is 29.5 Å². The van der Waals surface area contributed by atoms with E-state index in [0.717, 1.165) is 30.5 Å². The molecule has 5 rings (SSSR count). The number of anilines is 1. The highest BCUT2D eigenvalue weighted by molar-refractivity contribution is 6.33. The van der Waals surface area contributed by atoms with Crippen LogP contribution < -0.4 is 10.2 Å². The van der Waals surface area contributed by atoms with Crippen molar-refractivity contribution in [2.75, 3.05) is 24.6 Å². The number of carbonyl (C=O) groups is 2. The van der Waals surface area contributed by atoms with Gasteiger partial charge >= 0.3 is 6.16 Å². The predicted octanol–water partition coefficient (Wildman–Crippen LogP) is 3.88. The van der Waals surface area contributed by atoms with E-state index < -0.39 is 12.4 Å². The molecule has 13 nitrogen and oxygen atoms in total. The summed E-state index contributed by atoms with van der Waals surface area (Å²) in [5, 5.41) is 20.1. The number of rotatable bonds is 8. The number of pyridine rings is 1. The van der Waals surface area contributed by atoms with Crippen molar-refractivity contribution in [3.05, 3.63) is 59.4 Å². The molecule has 2 atom stereocenters. The molecule has 41 heavy (non-hydrogen) atoms. The van der Waals surface area contributed by atoms with Crippen molar-refractivity contribution in [1.29, 1.82) is 0 Å². The highest BCUT2D eigenvalue weighted by Crippen LogP contribution is 2.33. The smallest absolute Gasteiger partial charge is 0.435 e. The highest BCUT2D eigenvalue weighted by atomic mass is 35.5. The van der Waals surface area contributed by atoms with Gasteiger partial charge < -0.3 is 14.8 Å². The number of nitrogens with zero attached hydrogens (tertiary/aromatic N) is 8. The van der Waals surface area contributed by atoms with Crippen LogP contribution in [-0.4, -0.2) is 72.8 Å². The van der Waals surface area contributed by atoms with Crippen molar-refractivity contribution in [2.24, 2.45) is 7.05 Å². The van der Waals surface area contributed by atoms with Gasteiger partial charge in [-0.2, -0.15) is 9.78 Å². The Bertz CT molecular complexity index is 1520. The van der Waals surface area contributed by atoms with Crippen molar-refractivity contribution < 1.29 is 19.1 Å². The largest absolute Gasteiger partial charge is 0.510 e. The van der Waals surface area contributed by atoms with E-state index in [1.807, 2.05) is 12.1 Å². The van der Waals surface area contributed by atoms with Crippen molar-refractivity contribution in [1.82, 2.24) is 40.3 Å². The fraction of sp³-hybridized carbons (Fsp3) is 0.370. The molecule has 0 unspecified atom stereocenters. The minimum absolute atomic E-state index is 0.0778. The lowest BCUT2D eigenvalue weighted by atomic mass is 10.0. The lowest BCUT2D eigenvalue weighted by Gasteiger charge is -2.34. The molecule has 1 N–H and O–H groups in total. The zero-order valence-electron chi connectivity index (χ0n) is 22.9. The van der Waals surface area contributed by atoms with Gasteiger partial charge in [-0.1, -0.05) is 23.7 Å². The number of piperidine rings is 1. The monoisotopic (exact) mass is 579 g/mol.